The molecule has 0 bridgehead atoms. The average molecular weight is 248 g/mol. The van der Waals surface area contributed by atoms with Gasteiger partial charge in [0.05, 0.1) is 25.7 Å². The Bertz CT molecular complexity index is 478. The first-order valence-corrected chi connectivity index (χ1v) is 5.62. The van der Waals surface area contributed by atoms with Crippen LogP contribution in [-0.2, 0) is 22.5 Å². The molecule has 0 aliphatic heterocycles. The van der Waals surface area contributed by atoms with E-state index in [4.69, 9.17) is 20.5 Å². The highest BCUT2D eigenvalue weighted by Gasteiger charge is 2.16. The van der Waals surface area contributed by atoms with Gasteiger partial charge >= 0.3 is 5.97 Å². The number of ether oxygens (including phenoxy) is 2. The molecule has 18 heavy (non-hydrogen) atoms. The molecular weight excluding hydrogens is 232 g/mol. The Hall–Kier alpha value is -2.06. The van der Waals surface area contributed by atoms with Gasteiger partial charge < -0.3 is 15.2 Å². The number of carbonyl (C=O) groups excluding carboxylic acids is 1. The highest BCUT2D eigenvalue weighted by molar-refractivity contribution is 5.74. The zero-order chi connectivity index (χ0) is 13.5. The summed E-state index contributed by atoms with van der Waals surface area (Å²) >= 11 is 0. The fourth-order valence-electron chi connectivity index (χ4n) is 1.70. The third kappa shape index (κ3) is 2.99. The molecule has 5 heteroatoms. The number of esters is 1. The van der Waals surface area contributed by atoms with Crippen LogP contribution < -0.4 is 10.5 Å². The molecule has 0 aliphatic rings. The SMILES string of the molecule is CCOC(=O)Cc1ccc(CN)c(C#N)c1OC. The van der Waals surface area contributed by atoms with Crippen LogP contribution in [0, 0.1) is 11.3 Å². The first-order valence-electron chi connectivity index (χ1n) is 5.62. The number of rotatable bonds is 5. The number of nitrogens with two attached hydrogens (primary N) is 1. The Balaban J connectivity index is 3.14. The maximum absolute atomic E-state index is 11.4. The van der Waals surface area contributed by atoms with Crippen LogP contribution in [0.15, 0.2) is 12.1 Å². The first kappa shape index (κ1) is 14.0. The quantitative estimate of drug-likeness (QED) is 0.789. The second-order valence-electron chi connectivity index (χ2n) is 3.59. The van der Waals surface area contributed by atoms with Crippen molar-refractivity contribution in [3.63, 3.8) is 0 Å². The van der Waals surface area contributed by atoms with Crippen LogP contribution in [0.5, 0.6) is 5.75 Å². The van der Waals surface area contributed by atoms with Gasteiger partial charge in [-0.05, 0) is 12.5 Å². The lowest BCUT2D eigenvalue weighted by Crippen LogP contribution is -2.10. The summed E-state index contributed by atoms with van der Waals surface area (Å²) in [6, 6.07) is 5.52. The lowest BCUT2D eigenvalue weighted by Gasteiger charge is -2.12. The maximum Gasteiger partial charge on any atom is 0.310 e. The second kappa shape index (κ2) is 6.62. The van der Waals surface area contributed by atoms with E-state index in [9.17, 15) is 4.79 Å². The number of hydrogen-bond acceptors (Lipinski definition) is 5. The van der Waals surface area contributed by atoms with Crippen molar-refractivity contribution < 1.29 is 14.3 Å². The smallest absolute Gasteiger partial charge is 0.310 e. The average Bonchev–Trinajstić information content (AvgIpc) is 2.38. The summed E-state index contributed by atoms with van der Waals surface area (Å²) in [6.45, 7) is 2.32. The molecule has 0 aromatic heterocycles. The molecular formula is C13H16N2O3. The van der Waals surface area contributed by atoms with Crippen molar-refractivity contribution in [1.29, 1.82) is 5.26 Å². The minimum absolute atomic E-state index is 0.0799. The predicted octanol–water partition coefficient (Wildman–Crippen LogP) is 1.13. The summed E-state index contributed by atoms with van der Waals surface area (Å²) in [7, 11) is 1.46. The van der Waals surface area contributed by atoms with E-state index in [0.717, 1.165) is 0 Å². The molecule has 0 heterocycles. The molecule has 0 fully saturated rings. The second-order valence-corrected chi connectivity index (χ2v) is 3.59. The van der Waals surface area contributed by atoms with Crippen molar-refractivity contribution in [3.05, 3.63) is 28.8 Å². The van der Waals surface area contributed by atoms with Crippen LogP contribution in [0.3, 0.4) is 0 Å². The fourth-order valence-corrected chi connectivity index (χ4v) is 1.70. The minimum atomic E-state index is -0.347. The monoisotopic (exact) mass is 248 g/mol. The van der Waals surface area contributed by atoms with E-state index < -0.39 is 0 Å². The normalized spacial score (nSPS) is 9.67. The van der Waals surface area contributed by atoms with E-state index in [-0.39, 0.29) is 18.9 Å². The van der Waals surface area contributed by atoms with Crippen molar-refractivity contribution in [2.45, 2.75) is 19.9 Å². The fraction of sp³-hybridized carbons (Fsp3) is 0.385. The van der Waals surface area contributed by atoms with Gasteiger partial charge in [0.1, 0.15) is 11.8 Å². The largest absolute Gasteiger partial charge is 0.495 e. The molecule has 1 aromatic carbocycles. The zero-order valence-corrected chi connectivity index (χ0v) is 10.5. The number of hydrogen-bond donors (Lipinski definition) is 1. The van der Waals surface area contributed by atoms with Crippen LogP contribution in [0.2, 0.25) is 0 Å². The molecule has 1 rings (SSSR count). The number of benzene rings is 1. The number of nitrogens with zero attached hydrogens (tertiary/aromatic N) is 1. The summed E-state index contributed by atoms with van der Waals surface area (Å²) in [4.78, 5) is 11.4. The molecule has 0 radical (unpaired) electrons. The third-order valence-electron chi connectivity index (χ3n) is 2.50. The minimum Gasteiger partial charge on any atom is -0.495 e. The van der Waals surface area contributed by atoms with Crippen LogP contribution in [0.4, 0.5) is 0 Å². The molecule has 0 aliphatic carbocycles. The Morgan fingerprint density at radius 3 is 2.61 bits per heavy atom. The van der Waals surface area contributed by atoms with Crippen LogP contribution in [-0.4, -0.2) is 19.7 Å². The summed E-state index contributed by atoms with van der Waals surface area (Å²) < 4.78 is 10.1. The lowest BCUT2D eigenvalue weighted by molar-refractivity contribution is -0.142. The van der Waals surface area contributed by atoms with Crippen molar-refractivity contribution in [2.75, 3.05) is 13.7 Å². The molecule has 0 atom stereocenters. The molecule has 5 nitrogen and oxygen atoms in total. The maximum atomic E-state index is 11.4. The van der Waals surface area contributed by atoms with Gasteiger partial charge in [-0.2, -0.15) is 5.26 Å². The molecule has 2 N–H and O–H groups in total. The Kier molecular flexibility index (Phi) is 5.15. The van der Waals surface area contributed by atoms with Crippen LogP contribution >= 0.6 is 0 Å². The van der Waals surface area contributed by atoms with E-state index in [2.05, 4.69) is 6.07 Å². The van der Waals surface area contributed by atoms with E-state index in [1.807, 2.05) is 0 Å². The third-order valence-corrected chi connectivity index (χ3v) is 2.50. The van der Waals surface area contributed by atoms with Crippen molar-refractivity contribution in [2.24, 2.45) is 5.73 Å². The highest BCUT2D eigenvalue weighted by atomic mass is 16.5. The van der Waals surface area contributed by atoms with E-state index in [0.29, 0.717) is 29.0 Å². The summed E-state index contributed by atoms with van der Waals surface area (Å²) in [6.07, 6.45) is 0.0799. The molecule has 0 spiro atoms. The van der Waals surface area contributed by atoms with Gasteiger partial charge in [-0.1, -0.05) is 12.1 Å². The Morgan fingerprint density at radius 2 is 2.11 bits per heavy atom. The number of carbonyl (C=O) groups is 1. The predicted molar refractivity (Wildman–Crippen MR) is 65.9 cm³/mol. The van der Waals surface area contributed by atoms with E-state index in [1.54, 1.807) is 19.1 Å². The molecule has 96 valence electrons. The van der Waals surface area contributed by atoms with Crippen molar-refractivity contribution in [1.82, 2.24) is 0 Å². The van der Waals surface area contributed by atoms with Crippen LogP contribution in [0.1, 0.15) is 23.6 Å². The molecule has 1 aromatic rings. The van der Waals surface area contributed by atoms with Crippen LogP contribution in [0.25, 0.3) is 0 Å². The first-order chi connectivity index (χ1) is 8.67. The van der Waals surface area contributed by atoms with Crippen molar-refractivity contribution >= 4 is 5.97 Å². The number of nitriles is 1. The Morgan fingerprint density at radius 1 is 1.44 bits per heavy atom. The van der Waals surface area contributed by atoms with Gasteiger partial charge in [-0.25, -0.2) is 0 Å². The van der Waals surface area contributed by atoms with Gasteiger partial charge in [0.15, 0.2) is 0 Å². The molecule has 0 saturated carbocycles. The van der Waals surface area contributed by atoms with Gasteiger partial charge in [0.2, 0.25) is 0 Å². The van der Waals surface area contributed by atoms with Gasteiger partial charge in [-0.3, -0.25) is 4.79 Å². The van der Waals surface area contributed by atoms with E-state index >= 15 is 0 Å². The summed E-state index contributed by atoms with van der Waals surface area (Å²) in [5.41, 5.74) is 7.25. The highest BCUT2D eigenvalue weighted by Crippen LogP contribution is 2.27. The topological polar surface area (TPSA) is 85.3 Å². The standard InChI is InChI=1S/C13H16N2O3/c1-3-18-12(16)6-9-4-5-10(7-14)11(8-15)13(9)17-2/h4-5H,3,6-7,14H2,1-2H3. The lowest BCUT2D eigenvalue weighted by atomic mass is 10.0. The van der Waals surface area contributed by atoms with Crippen molar-refractivity contribution in [3.8, 4) is 11.8 Å². The van der Waals surface area contributed by atoms with E-state index in [1.165, 1.54) is 7.11 Å². The summed E-state index contributed by atoms with van der Waals surface area (Å²) in [5.74, 6) is 0.0497. The number of methoxy groups -OCH3 is 1. The summed E-state index contributed by atoms with van der Waals surface area (Å²) in [5, 5.41) is 9.12. The van der Waals surface area contributed by atoms with Gasteiger partial charge in [0, 0.05) is 12.1 Å². The molecule has 0 unspecified atom stereocenters. The Labute approximate surface area is 106 Å². The molecule has 0 saturated heterocycles. The zero-order valence-electron chi connectivity index (χ0n) is 10.5. The molecule has 0 amide bonds. The van der Waals surface area contributed by atoms with Gasteiger partial charge in [-0.15, -0.1) is 0 Å². The van der Waals surface area contributed by atoms with Gasteiger partial charge in [0.25, 0.3) is 0 Å².